The Kier molecular flexibility index (Phi) is 6.04. The molecule has 138 valence electrons. The van der Waals surface area contributed by atoms with Gasteiger partial charge < -0.3 is 4.74 Å². The van der Waals surface area contributed by atoms with Gasteiger partial charge in [0.25, 0.3) is 0 Å². The Morgan fingerprint density at radius 3 is 2.46 bits per heavy atom. The van der Waals surface area contributed by atoms with Crippen molar-refractivity contribution in [3.05, 3.63) is 56.1 Å². The molecule has 2 aromatic rings. The number of benzene rings is 1. The molecule has 1 aromatic heterocycles. The number of carbonyl (C=O) groups excluding carboxylic acids is 2. The number of hydrogen-bond acceptors (Lipinski definition) is 5. The van der Waals surface area contributed by atoms with E-state index in [1.54, 1.807) is 12.3 Å². The summed E-state index contributed by atoms with van der Waals surface area (Å²) in [5.74, 6) is -0.221. The minimum Gasteiger partial charge on any atom is -0.456 e. The van der Waals surface area contributed by atoms with E-state index in [2.05, 4.69) is 0 Å². The maximum Gasteiger partial charge on any atom is 0.326 e. The molecule has 0 amide bonds. The Morgan fingerprint density at radius 2 is 1.85 bits per heavy atom. The first-order valence-corrected chi connectivity index (χ1v) is 9.86. The molecule has 0 saturated heterocycles. The van der Waals surface area contributed by atoms with Crippen molar-refractivity contribution in [1.29, 1.82) is 0 Å². The monoisotopic (exact) mass is 373 g/mol. The molecule has 1 fully saturated rings. The van der Waals surface area contributed by atoms with E-state index in [4.69, 9.17) is 4.74 Å². The number of aryl methyl sites for hydroxylation is 1. The van der Waals surface area contributed by atoms with Crippen molar-refractivity contribution in [3.63, 3.8) is 0 Å². The highest BCUT2D eigenvalue weighted by atomic mass is 32.1. The number of aromatic nitrogens is 1. The van der Waals surface area contributed by atoms with E-state index < -0.39 is 5.97 Å². The Morgan fingerprint density at radius 1 is 1.15 bits per heavy atom. The lowest BCUT2D eigenvalue weighted by Gasteiger charge is -2.22. The molecular weight excluding hydrogens is 350 g/mol. The molecule has 0 spiro atoms. The van der Waals surface area contributed by atoms with Gasteiger partial charge in [0.15, 0.2) is 12.4 Å². The van der Waals surface area contributed by atoms with E-state index in [0.717, 1.165) is 11.3 Å². The fraction of sp³-hybridized carbons (Fsp3) is 0.450. The van der Waals surface area contributed by atoms with Gasteiger partial charge in [-0.25, -0.2) is 0 Å². The molecular formula is C20H23NO4S. The quantitative estimate of drug-likeness (QED) is 0.572. The van der Waals surface area contributed by atoms with Gasteiger partial charge in [-0.3, -0.25) is 19.0 Å². The van der Waals surface area contributed by atoms with Crippen molar-refractivity contribution in [1.82, 2.24) is 4.57 Å². The van der Waals surface area contributed by atoms with Crippen molar-refractivity contribution in [2.75, 3.05) is 6.61 Å². The van der Waals surface area contributed by atoms with E-state index in [9.17, 15) is 14.4 Å². The van der Waals surface area contributed by atoms with E-state index in [0.29, 0.717) is 17.2 Å². The number of rotatable bonds is 6. The van der Waals surface area contributed by atoms with E-state index >= 15 is 0 Å². The predicted molar refractivity (Wildman–Crippen MR) is 101 cm³/mol. The van der Waals surface area contributed by atoms with Crippen LogP contribution in [-0.4, -0.2) is 22.9 Å². The highest BCUT2D eigenvalue weighted by molar-refractivity contribution is 7.07. The van der Waals surface area contributed by atoms with Crippen molar-refractivity contribution in [2.24, 2.45) is 0 Å². The van der Waals surface area contributed by atoms with Crippen LogP contribution in [0.3, 0.4) is 0 Å². The first-order valence-electron chi connectivity index (χ1n) is 8.98. The van der Waals surface area contributed by atoms with Gasteiger partial charge in [-0.2, -0.15) is 0 Å². The zero-order chi connectivity index (χ0) is 18.5. The summed E-state index contributed by atoms with van der Waals surface area (Å²) < 4.78 is 6.39. The Labute approximate surface area is 156 Å². The minimum atomic E-state index is -0.583. The summed E-state index contributed by atoms with van der Waals surface area (Å²) in [5, 5.41) is 1.69. The Bertz CT molecular complexity index is 828. The number of ether oxygens (including phenoxy) is 1. The lowest BCUT2D eigenvalue weighted by Crippen LogP contribution is -2.24. The SMILES string of the molecule is Cc1csc(=O)n1CC(=O)OCC(=O)c1ccc(C2CCCCC2)cc1. The average molecular weight is 373 g/mol. The maximum absolute atomic E-state index is 12.2. The van der Waals surface area contributed by atoms with Gasteiger partial charge in [-0.05, 0) is 31.2 Å². The molecule has 1 saturated carbocycles. The fourth-order valence-electron chi connectivity index (χ4n) is 3.38. The topological polar surface area (TPSA) is 65.4 Å². The molecule has 1 aromatic carbocycles. The molecule has 0 atom stereocenters. The van der Waals surface area contributed by atoms with Crippen LogP contribution < -0.4 is 4.87 Å². The van der Waals surface area contributed by atoms with Crippen molar-refractivity contribution in [3.8, 4) is 0 Å². The summed E-state index contributed by atoms with van der Waals surface area (Å²) in [6.07, 6.45) is 6.29. The van der Waals surface area contributed by atoms with Crippen LogP contribution in [-0.2, 0) is 16.1 Å². The van der Waals surface area contributed by atoms with Gasteiger partial charge >= 0.3 is 10.8 Å². The Balaban J connectivity index is 1.53. The first-order chi connectivity index (χ1) is 12.5. The molecule has 5 nitrogen and oxygen atoms in total. The molecule has 3 rings (SSSR count). The van der Waals surface area contributed by atoms with Crippen LogP contribution in [0.1, 0.15) is 59.6 Å². The molecule has 0 N–H and O–H groups in total. The van der Waals surface area contributed by atoms with Crippen molar-refractivity contribution in [2.45, 2.75) is 51.5 Å². The third-order valence-electron chi connectivity index (χ3n) is 4.94. The second kappa shape index (κ2) is 8.45. The van der Waals surface area contributed by atoms with Crippen LogP contribution in [0.4, 0.5) is 0 Å². The second-order valence-corrected chi connectivity index (χ2v) is 7.59. The number of nitrogens with zero attached hydrogens (tertiary/aromatic N) is 1. The summed E-state index contributed by atoms with van der Waals surface area (Å²) in [6, 6.07) is 7.65. The lowest BCUT2D eigenvalue weighted by atomic mass is 9.84. The molecule has 1 aliphatic rings. The summed E-state index contributed by atoms with van der Waals surface area (Å²) in [6.45, 7) is 1.28. The van der Waals surface area contributed by atoms with Crippen LogP contribution in [0.5, 0.6) is 0 Å². The van der Waals surface area contributed by atoms with Crippen molar-refractivity contribution < 1.29 is 14.3 Å². The highest BCUT2D eigenvalue weighted by Crippen LogP contribution is 2.32. The van der Waals surface area contributed by atoms with Crippen LogP contribution in [0, 0.1) is 6.92 Å². The normalized spacial score (nSPS) is 15.0. The van der Waals surface area contributed by atoms with Gasteiger partial charge in [-0.15, -0.1) is 0 Å². The van der Waals surface area contributed by atoms with Crippen LogP contribution >= 0.6 is 11.3 Å². The maximum atomic E-state index is 12.2. The van der Waals surface area contributed by atoms with Gasteiger partial charge in [-0.1, -0.05) is 54.9 Å². The molecule has 26 heavy (non-hydrogen) atoms. The predicted octanol–water partition coefficient (Wildman–Crippen LogP) is 3.69. The number of esters is 1. The lowest BCUT2D eigenvalue weighted by molar-refractivity contribution is -0.143. The number of hydrogen-bond donors (Lipinski definition) is 0. The van der Waals surface area contributed by atoms with E-state index in [-0.39, 0.29) is 23.8 Å². The molecule has 0 bridgehead atoms. The van der Waals surface area contributed by atoms with Gasteiger partial charge in [0, 0.05) is 16.6 Å². The summed E-state index contributed by atoms with van der Waals surface area (Å²) in [7, 11) is 0. The zero-order valence-corrected chi connectivity index (χ0v) is 15.7. The molecule has 0 aliphatic heterocycles. The Hall–Kier alpha value is -2.21. The number of carbonyl (C=O) groups is 2. The minimum absolute atomic E-state index is 0.165. The molecule has 0 unspecified atom stereocenters. The summed E-state index contributed by atoms with van der Waals surface area (Å²) in [5.41, 5.74) is 2.54. The first kappa shape index (κ1) is 18.6. The van der Waals surface area contributed by atoms with Gasteiger partial charge in [0.1, 0.15) is 6.54 Å². The third kappa shape index (κ3) is 4.49. The van der Waals surface area contributed by atoms with Crippen molar-refractivity contribution >= 4 is 23.1 Å². The average Bonchev–Trinajstić information content (AvgIpc) is 2.99. The third-order valence-corrected chi connectivity index (χ3v) is 5.82. The number of thiazole rings is 1. The molecule has 6 heteroatoms. The molecule has 0 radical (unpaired) electrons. The fourth-order valence-corrected chi connectivity index (χ4v) is 4.11. The van der Waals surface area contributed by atoms with Crippen LogP contribution in [0.2, 0.25) is 0 Å². The summed E-state index contributed by atoms with van der Waals surface area (Å²) >= 11 is 1.04. The van der Waals surface area contributed by atoms with E-state index in [1.165, 1.54) is 42.2 Å². The van der Waals surface area contributed by atoms with E-state index in [1.807, 2.05) is 24.3 Å². The standard InChI is InChI=1S/C20H23NO4S/c1-14-13-26-20(24)21(14)11-19(23)25-12-18(22)17-9-7-16(8-10-17)15-5-3-2-4-6-15/h7-10,13,15H,2-6,11-12H2,1H3. The van der Waals surface area contributed by atoms with Crippen LogP contribution in [0.25, 0.3) is 0 Å². The summed E-state index contributed by atoms with van der Waals surface area (Å²) in [4.78, 5) is 35.5. The molecule has 1 heterocycles. The number of Topliss-reactive ketones (excluding diaryl/α,β-unsaturated/α-hetero) is 1. The largest absolute Gasteiger partial charge is 0.456 e. The zero-order valence-electron chi connectivity index (χ0n) is 14.9. The smallest absolute Gasteiger partial charge is 0.326 e. The molecule has 1 aliphatic carbocycles. The van der Waals surface area contributed by atoms with Crippen LogP contribution in [0.15, 0.2) is 34.4 Å². The second-order valence-electron chi connectivity index (χ2n) is 6.77. The van der Waals surface area contributed by atoms with Gasteiger partial charge in [0.05, 0.1) is 0 Å². The number of ketones is 1. The highest BCUT2D eigenvalue weighted by Gasteiger charge is 2.17. The van der Waals surface area contributed by atoms with Gasteiger partial charge in [0.2, 0.25) is 0 Å².